The number of imide groups is 1. The van der Waals surface area contributed by atoms with Crippen LogP contribution in [-0.2, 0) is 27.4 Å². The van der Waals surface area contributed by atoms with Gasteiger partial charge in [0.15, 0.2) is 0 Å². The predicted octanol–water partition coefficient (Wildman–Crippen LogP) is -0.474. The molecule has 0 radical (unpaired) electrons. The molecular formula is C19H24N4O4. The van der Waals surface area contributed by atoms with Gasteiger partial charge in [0.1, 0.15) is 6.04 Å². The number of piperidine rings is 1. The fourth-order valence-electron chi connectivity index (χ4n) is 3.91. The van der Waals surface area contributed by atoms with Gasteiger partial charge >= 0.3 is 0 Å². The summed E-state index contributed by atoms with van der Waals surface area (Å²) in [5.41, 5.74) is 2.66. The number of carbonyl (C=O) groups is 3. The Morgan fingerprint density at radius 2 is 2.15 bits per heavy atom. The first-order valence-corrected chi connectivity index (χ1v) is 9.41. The monoisotopic (exact) mass is 372 g/mol. The van der Waals surface area contributed by atoms with Gasteiger partial charge in [-0.1, -0.05) is 12.1 Å². The van der Waals surface area contributed by atoms with Crippen molar-refractivity contribution in [1.29, 1.82) is 0 Å². The summed E-state index contributed by atoms with van der Waals surface area (Å²) in [6.45, 7) is 4.11. The molecule has 3 amide bonds. The molecule has 8 heteroatoms. The highest BCUT2D eigenvalue weighted by molar-refractivity contribution is 6.05. The number of carbonyl (C=O) groups excluding carboxylic acids is 3. The Labute approximate surface area is 157 Å². The number of hydrogen-bond acceptors (Lipinski definition) is 6. The van der Waals surface area contributed by atoms with Gasteiger partial charge in [-0.3, -0.25) is 19.7 Å². The summed E-state index contributed by atoms with van der Waals surface area (Å²) >= 11 is 0. The van der Waals surface area contributed by atoms with Crippen LogP contribution in [-0.4, -0.2) is 61.0 Å². The molecule has 3 heterocycles. The molecule has 2 atom stereocenters. The third-order valence-corrected chi connectivity index (χ3v) is 5.39. The molecule has 2 fully saturated rings. The molecule has 27 heavy (non-hydrogen) atoms. The number of nitrogens with zero attached hydrogens (tertiary/aromatic N) is 1. The second-order valence-electron chi connectivity index (χ2n) is 7.20. The van der Waals surface area contributed by atoms with Gasteiger partial charge in [-0.15, -0.1) is 0 Å². The van der Waals surface area contributed by atoms with Crippen molar-refractivity contribution in [1.82, 2.24) is 20.9 Å². The Balaban J connectivity index is 1.47. The number of fused-ring (bicyclic) bond motifs is 1. The van der Waals surface area contributed by atoms with Gasteiger partial charge in [0.25, 0.3) is 5.91 Å². The SMILES string of the molecule is O=C1CCC(N2Cc3c(CNC4CNCCOC4)cccc3C2=O)C(=O)N1. The lowest BCUT2D eigenvalue weighted by Gasteiger charge is -2.29. The van der Waals surface area contributed by atoms with Crippen molar-refractivity contribution in [2.24, 2.45) is 0 Å². The van der Waals surface area contributed by atoms with Crippen LogP contribution < -0.4 is 16.0 Å². The lowest BCUT2D eigenvalue weighted by atomic mass is 10.0. The van der Waals surface area contributed by atoms with Crippen molar-refractivity contribution < 1.29 is 19.1 Å². The first-order chi connectivity index (χ1) is 13.1. The quantitative estimate of drug-likeness (QED) is 0.618. The predicted molar refractivity (Wildman–Crippen MR) is 96.8 cm³/mol. The molecule has 1 aromatic rings. The molecule has 3 N–H and O–H groups in total. The van der Waals surface area contributed by atoms with Gasteiger partial charge in [-0.2, -0.15) is 0 Å². The zero-order chi connectivity index (χ0) is 18.8. The second-order valence-corrected chi connectivity index (χ2v) is 7.20. The van der Waals surface area contributed by atoms with E-state index in [9.17, 15) is 14.4 Å². The van der Waals surface area contributed by atoms with Crippen LogP contribution in [0.25, 0.3) is 0 Å². The minimum Gasteiger partial charge on any atom is -0.378 e. The summed E-state index contributed by atoms with van der Waals surface area (Å²) in [6.07, 6.45) is 0.642. The van der Waals surface area contributed by atoms with Gasteiger partial charge in [0, 0.05) is 44.2 Å². The minimum absolute atomic E-state index is 0.138. The van der Waals surface area contributed by atoms with Crippen molar-refractivity contribution in [2.75, 3.05) is 26.3 Å². The number of rotatable bonds is 4. The Kier molecular flexibility index (Phi) is 5.20. The highest BCUT2D eigenvalue weighted by Crippen LogP contribution is 2.29. The maximum atomic E-state index is 12.8. The molecule has 0 aliphatic carbocycles. The van der Waals surface area contributed by atoms with Gasteiger partial charge < -0.3 is 20.3 Å². The second kappa shape index (κ2) is 7.75. The zero-order valence-electron chi connectivity index (χ0n) is 15.1. The van der Waals surface area contributed by atoms with Gasteiger partial charge in [-0.05, 0) is 23.6 Å². The molecule has 8 nitrogen and oxygen atoms in total. The lowest BCUT2D eigenvalue weighted by molar-refractivity contribution is -0.136. The average Bonchev–Trinajstić information content (AvgIpc) is 2.84. The zero-order valence-corrected chi connectivity index (χ0v) is 15.1. The summed E-state index contributed by atoms with van der Waals surface area (Å²) in [5.74, 6) is -0.792. The van der Waals surface area contributed by atoms with E-state index in [-0.39, 0.29) is 30.2 Å². The van der Waals surface area contributed by atoms with E-state index in [0.717, 1.165) is 24.2 Å². The fraction of sp³-hybridized carbons (Fsp3) is 0.526. The van der Waals surface area contributed by atoms with E-state index in [2.05, 4.69) is 16.0 Å². The summed E-state index contributed by atoms with van der Waals surface area (Å²) in [4.78, 5) is 38.0. The smallest absolute Gasteiger partial charge is 0.255 e. The molecule has 2 unspecified atom stereocenters. The van der Waals surface area contributed by atoms with Crippen LogP contribution in [0.5, 0.6) is 0 Å². The molecule has 4 rings (SSSR count). The van der Waals surface area contributed by atoms with Crippen LogP contribution in [0.1, 0.15) is 34.3 Å². The van der Waals surface area contributed by atoms with Gasteiger partial charge in [-0.25, -0.2) is 0 Å². The summed E-state index contributed by atoms with van der Waals surface area (Å²) in [5, 5.41) is 9.16. The first kappa shape index (κ1) is 18.1. The summed E-state index contributed by atoms with van der Waals surface area (Å²) in [7, 11) is 0. The molecule has 2 saturated heterocycles. The molecule has 0 aromatic heterocycles. The number of ether oxygens (including phenoxy) is 1. The van der Waals surface area contributed by atoms with Crippen molar-refractivity contribution in [3.63, 3.8) is 0 Å². The van der Waals surface area contributed by atoms with Crippen molar-refractivity contribution in [3.8, 4) is 0 Å². The van der Waals surface area contributed by atoms with E-state index in [1.54, 1.807) is 4.90 Å². The number of nitrogens with one attached hydrogen (secondary N) is 3. The average molecular weight is 372 g/mol. The van der Waals surface area contributed by atoms with E-state index in [4.69, 9.17) is 4.74 Å². The van der Waals surface area contributed by atoms with Crippen molar-refractivity contribution >= 4 is 17.7 Å². The topological polar surface area (TPSA) is 99.8 Å². The van der Waals surface area contributed by atoms with Crippen LogP contribution in [0.4, 0.5) is 0 Å². The van der Waals surface area contributed by atoms with Crippen LogP contribution in [0.15, 0.2) is 18.2 Å². The largest absolute Gasteiger partial charge is 0.378 e. The van der Waals surface area contributed by atoms with Gasteiger partial charge in [0.05, 0.1) is 13.2 Å². The Morgan fingerprint density at radius 3 is 3.00 bits per heavy atom. The summed E-state index contributed by atoms with van der Waals surface area (Å²) in [6, 6.07) is 5.33. The number of hydrogen-bond donors (Lipinski definition) is 3. The van der Waals surface area contributed by atoms with E-state index >= 15 is 0 Å². The molecule has 1 aromatic carbocycles. The Hall–Kier alpha value is -2.29. The highest BCUT2D eigenvalue weighted by atomic mass is 16.5. The summed E-state index contributed by atoms with van der Waals surface area (Å²) < 4.78 is 5.56. The van der Waals surface area contributed by atoms with Crippen LogP contribution >= 0.6 is 0 Å². The Morgan fingerprint density at radius 1 is 1.26 bits per heavy atom. The first-order valence-electron chi connectivity index (χ1n) is 9.41. The Bertz CT molecular complexity index is 758. The van der Waals surface area contributed by atoms with E-state index < -0.39 is 6.04 Å². The third-order valence-electron chi connectivity index (χ3n) is 5.39. The highest BCUT2D eigenvalue weighted by Gasteiger charge is 2.39. The fourth-order valence-corrected chi connectivity index (χ4v) is 3.91. The molecule has 0 saturated carbocycles. The minimum atomic E-state index is -0.581. The number of amides is 3. The molecule has 0 spiro atoms. The molecule has 144 valence electrons. The molecule has 3 aliphatic rings. The lowest BCUT2D eigenvalue weighted by Crippen LogP contribution is -2.52. The van der Waals surface area contributed by atoms with Crippen LogP contribution in [0.3, 0.4) is 0 Å². The van der Waals surface area contributed by atoms with Crippen LogP contribution in [0.2, 0.25) is 0 Å². The normalized spacial score (nSPS) is 25.9. The maximum absolute atomic E-state index is 12.8. The van der Waals surface area contributed by atoms with E-state index in [1.165, 1.54) is 0 Å². The van der Waals surface area contributed by atoms with Crippen LogP contribution in [0, 0.1) is 0 Å². The van der Waals surface area contributed by atoms with Crippen molar-refractivity contribution in [3.05, 3.63) is 34.9 Å². The molecular weight excluding hydrogens is 348 g/mol. The molecule has 3 aliphatic heterocycles. The third kappa shape index (κ3) is 3.73. The van der Waals surface area contributed by atoms with E-state index in [0.29, 0.717) is 38.3 Å². The van der Waals surface area contributed by atoms with Gasteiger partial charge in [0.2, 0.25) is 11.8 Å². The van der Waals surface area contributed by atoms with E-state index in [1.807, 2.05) is 18.2 Å². The standard InChI is InChI=1S/C19H24N4O4/c24-17-5-4-16(18(25)22-17)23-10-15-12(2-1-3-14(15)19(23)26)8-21-13-9-20-6-7-27-11-13/h1-3,13,16,20-21H,4-11H2,(H,22,24,25). The number of benzene rings is 1. The van der Waals surface area contributed by atoms with Crippen molar-refractivity contribution in [2.45, 2.75) is 38.0 Å². The molecule has 0 bridgehead atoms. The maximum Gasteiger partial charge on any atom is 0.255 e.